The first-order valence-corrected chi connectivity index (χ1v) is 12.7. The molecule has 0 radical (unpaired) electrons. The third kappa shape index (κ3) is 6.86. The normalized spacial score (nSPS) is 14.3. The molecule has 1 fully saturated rings. The number of piperazine rings is 1. The highest BCUT2D eigenvalue weighted by Crippen LogP contribution is 2.18. The van der Waals surface area contributed by atoms with Gasteiger partial charge in [0, 0.05) is 43.0 Å². The van der Waals surface area contributed by atoms with E-state index >= 15 is 0 Å². The molecule has 1 saturated heterocycles. The van der Waals surface area contributed by atoms with Crippen LogP contribution < -0.4 is 10.1 Å². The number of methoxy groups -OCH3 is 1. The molecule has 2 amide bonds. The van der Waals surface area contributed by atoms with Gasteiger partial charge in [0.25, 0.3) is 0 Å². The summed E-state index contributed by atoms with van der Waals surface area (Å²) in [4.78, 5) is 34.6. The number of aromatic nitrogens is 1. The quantitative estimate of drug-likeness (QED) is 0.504. The minimum absolute atomic E-state index is 0.0876. The summed E-state index contributed by atoms with van der Waals surface area (Å²) in [5, 5.41) is 7.18. The molecule has 1 N–H and O–H groups in total. The number of ether oxygens (including phenoxy) is 1. The highest BCUT2D eigenvalue weighted by molar-refractivity contribution is 7.14. The Labute approximate surface area is 202 Å². The van der Waals surface area contributed by atoms with Crippen LogP contribution in [-0.2, 0) is 28.9 Å². The summed E-state index contributed by atoms with van der Waals surface area (Å²) in [7, 11) is 1.68. The van der Waals surface area contributed by atoms with E-state index in [1.165, 1.54) is 16.9 Å². The lowest BCUT2D eigenvalue weighted by molar-refractivity contribution is -0.132. The van der Waals surface area contributed by atoms with Gasteiger partial charge in [0.2, 0.25) is 11.8 Å². The van der Waals surface area contributed by atoms with Crippen LogP contribution >= 0.6 is 22.7 Å². The predicted octanol–water partition coefficient (Wildman–Crippen LogP) is 3.32. The van der Waals surface area contributed by atoms with E-state index in [0.717, 1.165) is 49.8 Å². The molecule has 33 heavy (non-hydrogen) atoms. The molecule has 3 aromatic rings. The van der Waals surface area contributed by atoms with Crippen LogP contribution in [0.4, 0.5) is 5.13 Å². The Morgan fingerprint density at radius 2 is 1.85 bits per heavy atom. The number of nitrogens with one attached hydrogen (secondary N) is 1. The fraction of sp³-hybridized carbons (Fsp3) is 0.375. The monoisotopic (exact) mass is 484 g/mol. The third-order valence-electron chi connectivity index (χ3n) is 5.65. The van der Waals surface area contributed by atoms with E-state index < -0.39 is 0 Å². The molecule has 0 unspecified atom stereocenters. The van der Waals surface area contributed by atoms with Crippen LogP contribution in [0.2, 0.25) is 0 Å². The lowest BCUT2D eigenvalue weighted by atomic mass is 10.1. The van der Waals surface area contributed by atoms with Gasteiger partial charge in [-0.15, -0.1) is 22.7 Å². The maximum atomic E-state index is 12.7. The number of nitrogens with zero attached hydrogens (tertiary/aromatic N) is 3. The van der Waals surface area contributed by atoms with Gasteiger partial charge in [0.15, 0.2) is 5.13 Å². The smallest absolute Gasteiger partial charge is 0.231 e. The Morgan fingerprint density at radius 1 is 1.06 bits per heavy atom. The highest BCUT2D eigenvalue weighted by atomic mass is 32.1. The van der Waals surface area contributed by atoms with Crippen LogP contribution in [0.1, 0.15) is 16.1 Å². The van der Waals surface area contributed by atoms with Crippen LogP contribution in [0, 0.1) is 0 Å². The molecule has 0 bridgehead atoms. The second-order valence-corrected chi connectivity index (χ2v) is 9.84. The van der Waals surface area contributed by atoms with E-state index in [1.54, 1.807) is 18.4 Å². The summed E-state index contributed by atoms with van der Waals surface area (Å²) < 4.78 is 5.21. The molecule has 0 aliphatic carbocycles. The SMILES string of the molecule is COc1ccc(CCN2CCN(C(=O)Cc3csc(NC(=O)Cc4cccs4)n3)CC2)cc1. The summed E-state index contributed by atoms with van der Waals surface area (Å²) in [6.45, 7) is 4.20. The fourth-order valence-corrected chi connectivity index (χ4v) is 5.18. The average Bonchev–Trinajstić information content (AvgIpc) is 3.50. The zero-order valence-corrected chi connectivity index (χ0v) is 20.3. The summed E-state index contributed by atoms with van der Waals surface area (Å²) in [5.74, 6) is 0.876. The molecule has 174 valence electrons. The van der Waals surface area contributed by atoms with Gasteiger partial charge < -0.3 is 15.0 Å². The Kier molecular flexibility index (Phi) is 8.09. The molecule has 1 aliphatic heterocycles. The van der Waals surface area contributed by atoms with Crippen molar-refractivity contribution in [1.82, 2.24) is 14.8 Å². The van der Waals surface area contributed by atoms with Gasteiger partial charge in [0.1, 0.15) is 5.75 Å². The minimum Gasteiger partial charge on any atom is -0.497 e. The number of amides is 2. The molecule has 2 aromatic heterocycles. The molecule has 9 heteroatoms. The number of anilines is 1. The van der Waals surface area contributed by atoms with E-state index in [4.69, 9.17) is 4.74 Å². The average molecular weight is 485 g/mol. The lowest BCUT2D eigenvalue weighted by Gasteiger charge is -2.34. The van der Waals surface area contributed by atoms with Crippen molar-refractivity contribution >= 4 is 39.6 Å². The van der Waals surface area contributed by atoms with Crippen LogP contribution in [0.25, 0.3) is 0 Å². The Bertz CT molecular complexity index is 1040. The zero-order valence-electron chi connectivity index (χ0n) is 18.7. The van der Waals surface area contributed by atoms with Crippen LogP contribution in [0.15, 0.2) is 47.2 Å². The van der Waals surface area contributed by atoms with Crippen molar-refractivity contribution in [3.8, 4) is 5.75 Å². The molecule has 3 heterocycles. The number of benzene rings is 1. The summed E-state index contributed by atoms with van der Waals surface area (Å²) in [5.41, 5.74) is 1.99. The van der Waals surface area contributed by atoms with Gasteiger partial charge in [0.05, 0.1) is 25.6 Å². The van der Waals surface area contributed by atoms with Gasteiger partial charge in [-0.2, -0.15) is 0 Å². The maximum absolute atomic E-state index is 12.7. The third-order valence-corrected chi connectivity index (χ3v) is 7.33. The van der Waals surface area contributed by atoms with Gasteiger partial charge in [-0.1, -0.05) is 18.2 Å². The van der Waals surface area contributed by atoms with E-state index in [2.05, 4.69) is 27.3 Å². The van der Waals surface area contributed by atoms with Crippen molar-refractivity contribution < 1.29 is 14.3 Å². The molecular weight excluding hydrogens is 456 g/mol. The number of hydrogen-bond donors (Lipinski definition) is 1. The summed E-state index contributed by atoms with van der Waals surface area (Å²) >= 11 is 2.92. The van der Waals surface area contributed by atoms with Crippen molar-refractivity contribution in [2.24, 2.45) is 0 Å². The van der Waals surface area contributed by atoms with Gasteiger partial charge >= 0.3 is 0 Å². The van der Waals surface area contributed by atoms with Crippen LogP contribution in [0.5, 0.6) is 5.75 Å². The molecule has 0 spiro atoms. The first-order chi connectivity index (χ1) is 16.1. The lowest BCUT2D eigenvalue weighted by Crippen LogP contribution is -2.49. The summed E-state index contributed by atoms with van der Waals surface area (Å²) in [6, 6.07) is 12.1. The van der Waals surface area contributed by atoms with Crippen LogP contribution in [-0.4, -0.2) is 66.4 Å². The largest absolute Gasteiger partial charge is 0.497 e. The van der Waals surface area contributed by atoms with E-state index in [9.17, 15) is 9.59 Å². The Balaban J connectivity index is 1.18. The number of hydrogen-bond acceptors (Lipinski definition) is 7. The van der Waals surface area contributed by atoms with Gasteiger partial charge in [-0.3, -0.25) is 14.5 Å². The van der Waals surface area contributed by atoms with Crippen molar-refractivity contribution in [1.29, 1.82) is 0 Å². The molecule has 7 nitrogen and oxygen atoms in total. The van der Waals surface area contributed by atoms with Crippen molar-refractivity contribution in [3.63, 3.8) is 0 Å². The molecule has 1 aliphatic rings. The van der Waals surface area contributed by atoms with E-state index in [1.807, 2.05) is 39.9 Å². The summed E-state index contributed by atoms with van der Waals surface area (Å²) in [6.07, 6.45) is 1.59. The molecule has 4 rings (SSSR count). The second-order valence-electron chi connectivity index (χ2n) is 7.95. The number of rotatable bonds is 9. The minimum atomic E-state index is -0.0876. The molecule has 0 saturated carbocycles. The van der Waals surface area contributed by atoms with Crippen LogP contribution in [0.3, 0.4) is 0 Å². The van der Waals surface area contributed by atoms with Crippen molar-refractivity contribution in [3.05, 3.63) is 63.3 Å². The predicted molar refractivity (Wildman–Crippen MR) is 132 cm³/mol. The Hall–Kier alpha value is -2.75. The topological polar surface area (TPSA) is 74.8 Å². The number of carbonyl (C=O) groups excluding carboxylic acids is 2. The zero-order chi connectivity index (χ0) is 23.0. The first-order valence-electron chi connectivity index (χ1n) is 11.0. The van der Waals surface area contributed by atoms with Gasteiger partial charge in [-0.25, -0.2) is 4.98 Å². The fourth-order valence-electron chi connectivity index (χ4n) is 3.75. The second kappa shape index (κ2) is 11.4. The van der Waals surface area contributed by atoms with Crippen molar-refractivity contribution in [2.75, 3.05) is 45.2 Å². The molecular formula is C24H28N4O3S2. The first kappa shape index (κ1) is 23.4. The highest BCUT2D eigenvalue weighted by Gasteiger charge is 2.22. The number of thiazole rings is 1. The van der Waals surface area contributed by atoms with Crippen molar-refractivity contribution in [2.45, 2.75) is 19.3 Å². The molecule has 1 aromatic carbocycles. The number of thiophene rings is 1. The Morgan fingerprint density at radius 3 is 2.55 bits per heavy atom. The molecule has 0 atom stereocenters. The maximum Gasteiger partial charge on any atom is 0.231 e. The van der Waals surface area contributed by atoms with E-state index in [-0.39, 0.29) is 18.2 Å². The van der Waals surface area contributed by atoms with E-state index in [0.29, 0.717) is 17.2 Å². The standard InChI is InChI=1S/C24H28N4O3S2/c1-31-20-6-4-18(5-7-20)8-9-27-10-12-28(13-11-27)23(30)15-19-17-33-24(25-19)26-22(29)16-21-3-2-14-32-21/h2-7,14,17H,8-13,15-16H2,1H3,(H,25,26,29). The number of carbonyl (C=O) groups is 2. The van der Waals surface area contributed by atoms with Gasteiger partial charge in [-0.05, 0) is 35.6 Å².